The lowest BCUT2D eigenvalue weighted by molar-refractivity contribution is -0.122. The first-order chi connectivity index (χ1) is 11.9. The molecule has 0 atom stereocenters. The van der Waals surface area contributed by atoms with Gasteiger partial charge in [0.1, 0.15) is 11.3 Å². The van der Waals surface area contributed by atoms with Crippen molar-refractivity contribution in [3.63, 3.8) is 0 Å². The summed E-state index contributed by atoms with van der Waals surface area (Å²) in [4.78, 5) is 26.4. The number of carbonyl (C=O) groups is 2. The van der Waals surface area contributed by atoms with E-state index in [1.165, 1.54) is 17.0 Å². The second kappa shape index (κ2) is 7.22. The van der Waals surface area contributed by atoms with Crippen molar-refractivity contribution in [3.05, 3.63) is 61.6 Å². The zero-order valence-corrected chi connectivity index (χ0v) is 17.1. The molecule has 1 aliphatic heterocycles. The van der Waals surface area contributed by atoms with Crippen molar-refractivity contribution >= 4 is 79.4 Å². The summed E-state index contributed by atoms with van der Waals surface area (Å²) in [6, 6.07) is 11.9. The number of hydrogen-bond donors (Lipinski definition) is 2. The van der Waals surface area contributed by atoms with E-state index in [0.29, 0.717) is 14.8 Å². The number of hydrogen-bond acceptors (Lipinski definition) is 4. The number of nitrogens with one attached hydrogen (secondary N) is 1. The molecule has 0 aliphatic carbocycles. The standard InChI is InChI=1S/C17H10BrIN2O3S/c18-10-2-1-3-11(8-10)21-16(24)12(15(23)20-17(21)25)6-9-4-5-14(22)13(19)7-9/h1-8,22H,(H,20,23,25)/b12-6+. The highest BCUT2D eigenvalue weighted by Gasteiger charge is 2.34. The van der Waals surface area contributed by atoms with E-state index in [-0.39, 0.29) is 16.4 Å². The molecule has 0 spiro atoms. The number of nitrogens with zero attached hydrogens (tertiary/aromatic N) is 1. The van der Waals surface area contributed by atoms with Crippen molar-refractivity contribution in [3.8, 4) is 5.75 Å². The summed E-state index contributed by atoms with van der Waals surface area (Å²) in [6.07, 6.45) is 1.48. The topological polar surface area (TPSA) is 69.6 Å². The molecule has 1 heterocycles. The fourth-order valence-corrected chi connectivity index (χ4v) is 3.49. The zero-order chi connectivity index (χ0) is 18.1. The third kappa shape index (κ3) is 3.75. The molecule has 8 heteroatoms. The van der Waals surface area contributed by atoms with Crippen LogP contribution in [-0.4, -0.2) is 22.0 Å². The van der Waals surface area contributed by atoms with Gasteiger partial charge in [-0.2, -0.15) is 0 Å². The third-order valence-electron chi connectivity index (χ3n) is 3.45. The molecule has 2 amide bonds. The minimum atomic E-state index is -0.552. The van der Waals surface area contributed by atoms with E-state index in [1.807, 2.05) is 28.7 Å². The Hall–Kier alpha value is -1.78. The first-order valence-corrected chi connectivity index (χ1v) is 9.30. The van der Waals surface area contributed by atoms with E-state index in [9.17, 15) is 14.7 Å². The number of halogens is 2. The number of thiocarbonyl (C=S) groups is 1. The molecule has 0 unspecified atom stereocenters. The number of phenols is 1. The molecule has 25 heavy (non-hydrogen) atoms. The van der Waals surface area contributed by atoms with Crippen LogP contribution in [0.2, 0.25) is 0 Å². The number of benzene rings is 2. The Morgan fingerprint density at radius 2 is 1.96 bits per heavy atom. The Bertz CT molecular complexity index is 945. The largest absolute Gasteiger partial charge is 0.507 e. The molecule has 0 radical (unpaired) electrons. The van der Waals surface area contributed by atoms with Crippen molar-refractivity contribution in [1.29, 1.82) is 0 Å². The van der Waals surface area contributed by atoms with Gasteiger partial charge in [-0.05, 0) is 76.8 Å². The Morgan fingerprint density at radius 3 is 2.64 bits per heavy atom. The van der Waals surface area contributed by atoms with Gasteiger partial charge in [0.05, 0.1) is 9.26 Å². The molecule has 126 valence electrons. The number of aromatic hydroxyl groups is 1. The molecular formula is C17H10BrIN2O3S. The molecule has 1 saturated heterocycles. The fraction of sp³-hybridized carbons (Fsp3) is 0. The lowest BCUT2D eigenvalue weighted by Gasteiger charge is -2.29. The quantitative estimate of drug-likeness (QED) is 0.270. The van der Waals surface area contributed by atoms with Crippen LogP contribution in [0.5, 0.6) is 5.75 Å². The van der Waals surface area contributed by atoms with Crippen LogP contribution in [-0.2, 0) is 9.59 Å². The van der Waals surface area contributed by atoms with E-state index in [4.69, 9.17) is 12.2 Å². The van der Waals surface area contributed by atoms with Gasteiger partial charge in [-0.3, -0.25) is 19.8 Å². The first kappa shape index (κ1) is 18.0. The Balaban J connectivity index is 2.03. The molecule has 5 nitrogen and oxygen atoms in total. The Kier molecular flexibility index (Phi) is 5.21. The highest BCUT2D eigenvalue weighted by molar-refractivity contribution is 14.1. The molecule has 1 aliphatic rings. The van der Waals surface area contributed by atoms with Crippen LogP contribution in [0, 0.1) is 3.57 Å². The monoisotopic (exact) mass is 528 g/mol. The van der Waals surface area contributed by atoms with Crippen LogP contribution in [0.25, 0.3) is 6.08 Å². The summed E-state index contributed by atoms with van der Waals surface area (Å²) in [7, 11) is 0. The molecule has 0 aromatic heterocycles. The van der Waals surface area contributed by atoms with Gasteiger partial charge in [0.2, 0.25) is 0 Å². The second-order valence-electron chi connectivity index (χ2n) is 5.15. The Labute approximate surface area is 171 Å². The SMILES string of the molecule is O=C1NC(=S)N(c2cccc(Br)c2)C(=O)/C1=C/c1ccc(O)c(I)c1. The number of rotatable bonds is 2. The Morgan fingerprint density at radius 1 is 1.20 bits per heavy atom. The minimum absolute atomic E-state index is 0.0323. The number of amides is 2. The maximum absolute atomic E-state index is 12.9. The van der Waals surface area contributed by atoms with E-state index in [2.05, 4.69) is 21.2 Å². The number of anilines is 1. The van der Waals surface area contributed by atoms with E-state index in [0.717, 1.165) is 4.47 Å². The van der Waals surface area contributed by atoms with E-state index >= 15 is 0 Å². The molecule has 2 aromatic carbocycles. The van der Waals surface area contributed by atoms with Crippen molar-refractivity contribution in [1.82, 2.24) is 5.32 Å². The van der Waals surface area contributed by atoms with Crippen LogP contribution in [0.3, 0.4) is 0 Å². The van der Waals surface area contributed by atoms with Gasteiger partial charge in [0.15, 0.2) is 5.11 Å². The van der Waals surface area contributed by atoms with Gasteiger partial charge in [0.25, 0.3) is 11.8 Å². The maximum atomic E-state index is 12.9. The van der Waals surface area contributed by atoms with Gasteiger partial charge in [-0.15, -0.1) is 0 Å². The van der Waals surface area contributed by atoms with Gasteiger partial charge in [0, 0.05) is 4.47 Å². The average molecular weight is 529 g/mol. The number of phenolic OH excluding ortho intramolecular Hbond substituents is 1. The lowest BCUT2D eigenvalue weighted by Crippen LogP contribution is -2.54. The lowest BCUT2D eigenvalue weighted by atomic mass is 10.1. The van der Waals surface area contributed by atoms with Crippen LogP contribution >= 0.6 is 50.7 Å². The summed E-state index contributed by atoms with van der Waals surface area (Å²) in [5.74, 6) is -0.918. The normalized spacial score (nSPS) is 16.3. The average Bonchev–Trinajstić information content (AvgIpc) is 2.54. The summed E-state index contributed by atoms with van der Waals surface area (Å²) < 4.78 is 1.41. The van der Waals surface area contributed by atoms with Crippen molar-refractivity contribution < 1.29 is 14.7 Å². The first-order valence-electron chi connectivity index (χ1n) is 7.02. The van der Waals surface area contributed by atoms with E-state index < -0.39 is 11.8 Å². The van der Waals surface area contributed by atoms with Gasteiger partial charge >= 0.3 is 0 Å². The fourth-order valence-electron chi connectivity index (χ4n) is 2.29. The van der Waals surface area contributed by atoms with Crippen LogP contribution in [0.15, 0.2) is 52.5 Å². The van der Waals surface area contributed by atoms with Crippen LogP contribution in [0.4, 0.5) is 5.69 Å². The number of carbonyl (C=O) groups excluding carboxylic acids is 2. The summed E-state index contributed by atoms with van der Waals surface area (Å²) >= 11 is 10.5. The smallest absolute Gasteiger partial charge is 0.270 e. The second-order valence-corrected chi connectivity index (χ2v) is 7.61. The molecular weight excluding hydrogens is 519 g/mol. The van der Waals surface area contributed by atoms with Crippen molar-refractivity contribution in [2.45, 2.75) is 0 Å². The molecule has 0 bridgehead atoms. The van der Waals surface area contributed by atoms with Gasteiger partial charge in [-0.25, -0.2) is 0 Å². The van der Waals surface area contributed by atoms with Crippen LogP contribution < -0.4 is 10.2 Å². The van der Waals surface area contributed by atoms with Gasteiger partial charge in [-0.1, -0.05) is 28.1 Å². The minimum Gasteiger partial charge on any atom is -0.507 e. The summed E-state index contributed by atoms with van der Waals surface area (Å²) in [5.41, 5.74) is 1.15. The predicted octanol–water partition coefficient (Wildman–Crippen LogP) is 3.59. The molecule has 0 saturated carbocycles. The molecule has 3 rings (SSSR count). The molecule has 1 fully saturated rings. The molecule has 2 N–H and O–H groups in total. The summed E-state index contributed by atoms with van der Waals surface area (Å²) in [5, 5.41) is 12.2. The van der Waals surface area contributed by atoms with Crippen molar-refractivity contribution in [2.24, 2.45) is 0 Å². The van der Waals surface area contributed by atoms with Crippen molar-refractivity contribution in [2.75, 3.05) is 4.90 Å². The molecule has 2 aromatic rings. The zero-order valence-electron chi connectivity index (χ0n) is 12.5. The summed E-state index contributed by atoms with van der Waals surface area (Å²) in [6.45, 7) is 0. The van der Waals surface area contributed by atoms with E-state index in [1.54, 1.807) is 30.3 Å². The highest BCUT2D eigenvalue weighted by atomic mass is 127. The maximum Gasteiger partial charge on any atom is 0.270 e. The van der Waals surface area contributed by atoms with Gasteiger partial charge < -0.3 is 5.11 Å². The third-order valence-corrected chi connectivity index (χ3v) is 5.09. The van der Waals surface area contributed by atoms with Crippen LogP contribution in [0.1, 0.15) is 5.56 Å². The highest BCUT2D eigenvalue weighted by Crippen LogP contribution is 2.26. The predicted molar refractivity (Wildman–Crippen MR) is 111 cm³/mol.